The largest absolute Gasteiger partial charge is 0.493 e. The van der Waals surface area contributed by atoms with Crippen molar-refractivity contribution in [3.8, 4) is 17.2 Å². The van der Waals surface area contributed by atoms with E-state index in [2.05, 4.69) is 30.9 Å². The first-order chi connectivity index (χ1) is 21.3. The number of likely N-dealkylation sites (N-methyl/N-ethyl adjacent to an activating group) is 1. The summed E-state index contributed by atoms with van der Waals surface area (Å²) in [6, 6.07) is 10.8. The van der Waals surface area contributed by atoms with Gasteiger partial charge in [0.25, 0.3) is 11.8 Å². The van der Waals surface area contributed by atoms with Crippen molar-refractivity contribution in [2.45, 2.75) is 31.0 Å². The van der Waals surface area contributed by atoms with Gasteiger partial charge in [-0.3, -0.25) is 14.2 Å². The average Bonchev–Trinajstić information content (AvgIpc) is 3.61. The van der Waals surface area contributed by atoms with E-state index in [1.165, 1.54) is 45.6 Å². The lowest BCUT2D eigenvalue weighted by atomic mass is 10.1. The summed E-state index contributed by atoms with van der Waals surface area (Å²) in [4.78, 5) is 37.8. The number of amides is 2. The van der Waals surface area contributed by atoms with E-state index in [-0.39, 0.29) is 5.91 Å². The zero-order chi connectivity index (χ0) is 31.4. The number of nitrogens with zero attached hydrogens (tertiary/aromatic N) is 4. The van der Waals surface area contributed by atoms with E-state index in [1.54, 1.807) is 12.1 Å². The molecular formula is C29H33N7O8. The molecule has 15 nitrogen and oxygen atoms in total. The number of hydrogen-bond donors (Lipinski definition) is 5. The second-order valence-corrected chi connectivity index (χ2v) is 9.83. The number of methoxy groups -OCH3 is 3. The van der Waals surface area contributed by atoms with Gasteiger partial charge in [0, 0.05) is 24.8 Å². The van der Waals surface area contributed by atoms with Crippen molar-refractivity contribution in [2.24, 2.45) is 0 Å². The summed E-state index contributed by atoms with van der Waals surface area (Å²) in [6.07, 6.45) is -1.77. The van der Waals surface area contributed by atoms with Crippen LogP contribution in [0.4, 0.5) is 11.5 Å². The van der Waals surface area contributed by atoms with Gasteiger partial charge in [0.2, 0.25) is 5.75 Å². The normalized spacial score (nSPS) is 19.4. The first-order valence-corrected chi connectivity index (χ1v) is 13.6. The van der Waals surface area contributed by atoms with Gasteiger partial charge in [0.15, 0.2) is 40.8 Å². The molecule has 5 N–H and O–H groups in total. The van der Waals surface area contributed by atoms with E-state index in [4.69, 9.17) is 18.9 Å². The van der Waals surface area contributed by atoms with Crippen LogP contribution in [0.3, 0.4) is 0 Å². The number of imidazole rings is 1. The number of carbonyl (C=O) groups excluding carboxylic acids is 2. The summed E-state index contributed by atoms with van der Waals surface area (Å²) in [5.41, 5.74) is 2.86. The van der Waals surface area contributed by atoms with Gasteiger partial charge in [-0.15, -0.1) is 0 Å². The lowest BCUT2D eigenvalue weighted by Gasteiger charge is -2.16. The van der Waals surface area contributed by atoms with Crippen molar-refractivity contribution < 1.29 is 38.7 Å². The Hall–Kier alpha value is -4.99. The number of hydrogen-bond acceptors (Lipinski definition) is 12. The van der Waals surface area contributed by atoms with Crippen molar-refractivity contribution in [1.29, 1.82) is 0 Å². The molecule has 1 aliphatic heterocycles. The van der Waals surface area contributed by atoms with Crippen molar-refractivity contribution in [2.75, 3.05) is 40.2 Å². The highest BCUT2D eigenvalue weighted by Crippen LogP contribution is 2.38. The van der Waals surface area contributed by atoms with Gasteiger partial charge >= 0.3 is 0 Å². The van der Waals surface area contributed by atoms with Crippen LogP contribution in [-0.2, 0) is 16.0 Å². The number of fused-ring (bicyclic) bond motifs is 1. The molecule has 4 atom stereocenters. The van der Waals surface area contributed by atoms with Crippen molar-refractivity contribution in [3.63, 3.8) is 0 Å². The Morgan fingerprint density at radius 1 is 0.977 bits per heavy atom. The van der Waals surface area contributed by atoms with Crippen LogP contribution < -0.4 is 30.2 Å². The van der Waals surface area contributed by atoms with Gasteiger partial charge in [-0.1, -0.05) is 12.1 Å². The Labute approximate surface area is 252 Å². The number of ether oxygens (including phenoxy) is 4. The van der Waals surface area contributed by atoms with Crippen LogP contribution in [0.15, 0.2) is 49.1 Å². The topological polar surface area (TPSA) is 191 Å². The molecular weight excluding hydrogens is 574 g/mol. The molecule has 0 spiro atoms. The van der Waals surface area contributed by atoms with Gasteiger partial charge in [0.1, 0.15) is 18.5 Å². The molecule has 0 aliphatic carbocycles. The fraction of sp³-hybridized carbons (Fsp3) is 0.345. The number of aliphatic hydroxyl groups is 2. The minimum absolute atomic E-state index is 0.274. The van der Waals surface area contributed by atoms with E-state index in [9.17, 15) is 19.8 Å². The molecule has 0 unspecified atom stereocenters. The average molecular weight is 608 g/mol. The number of rotatable bonds is 11. The third-order valence-electron chi connectivity index (χ3n) is 7.22. The minimum atomic E-state index is -1.42. The van der Waals surface area contributed by atoms with Crippen LogP contribution in [0.1, 0.15) is 22.1 Å². The Bertz CT molecular complexity index is 1620. The molecule has 1 saturated heterocycles. The van der Waals surface area contributed by atoms with Gasteiger partial charge in [-0.2, -0.15) is 0 Å². The van der Waals surface area contributed by atoms with Crippen LogP contribution in [0.2, 0.25) is 0 Å². The molecule has 0 bridgehead atoms. The van der Waals surface area contributed by atoms with Crippen LogP contribution in [-0.4, -0.2) is 94.8 Å². The highest BCUT2D eigenvalue weighted by Gasteiger charge is 2.47. The molecule has 0 radical (unpaired) electrons. The van der Waals surface area contributed by atoms with Gasteiger partial charge in [0.05, 0.1) is 27.7 Å². The predicted octanol–water partition coefficient (Wildman–Crippen LogP) is 0.933. The summed E-state index contributed by atoms with van der Waals surface area (Å²) in [6.45, 7) is 0.400. The summed E-state index contributed by atoms with van der Waals surface area (Å²) < 4.78 is 23.1. The van der Waals surface area contributed by atoms with E-state index < -0.39 is 30.4 Å². The van der Waals surface area contributed by atoms with Crippen LogP contribution in [0.25, 0.3) is 11.2 Å². The molecule has 4 aromatic rings. The molecule has 44 heavy (non-hydrogen) atoms. The zero-order valence-corrected chi connectivity index (χ0v) is 24.5. The number of anilines is 2. The van der Waals surface area contributed by atoms with E-state index in [1.807, 2.05) is 24.3 Å². The third kappa shape index (κ3) is 5.92. The monoisotopic (exact) mass is 607 g/mol. The highest BCUT2D eigenvalue weighted by molar-refractivity contribution is 5.95. The fourth-order valence-corrected chi connectivity index (χ4v) is 4.90. The number of aliphatic hydroxyl groups excluding tert-OH is 2. The highest BCUT2D eigenvalue weighted by atomic mass is 16.6. The maximum Gasteiger partial charge on any atom is 0.251 e. The molecule has 15 heteroatoms. The summed E-state index contributed by atoms with van der Waals surface area (Å²) >= 11 is 0. The molecule has 0 saturated carbocycles. The van der Waals surface area contributed by atoms with Crippen molar-refractivity contribution in [1.82, 2.24) is 30.2 Å². The second-order valence-electron chi connectivity index (χ2n) is 9.83. The Balaban J connectivity index is 1.22. The number of benzene rings is 2. The summed E-state index contributed by atoms with van der Waals surface area (Å²) in [7, 11) is 5.90. The SMILES string of the molecule is CNC(=O)[C@H]1O[C@@H](n2cnc3c(Nc4ccc(CCNC(=O)c5cc(OC)c(OC)c(OC)c5)cc4)ncnc32)[C@@H](O)[C@H]1O. The van der Waals surface area contributed by atoms with E-state index in [0.29, 0.717) is 52.8 Å². The Morgan fingerprint density at radius 3 is 2.32 bits per heavy atom. The number of aromatic nitrogens is 4. The first-order valence-electron chi connectivity index (χ1n) is 13.6. The lowest BCUT2D eigenvalue weighted by molar-refractivity contribution is -0.137. The van der Waals surface area contributed by atoms with Crippen molar-refractivity contribution >= 4 is 34.5 Å². The molecule has 2 aromatic heterocycles. The fourth-order valence-electron chi connectivity index (χ4n) is 4.90. The van der Waals surface area contributed by atoms with E-state index in [0.717, 1.165) is 11.3 Å². The molecule has 1 fully saturated rings. The lowest BCUT2D eigenvalue weighted by Crippen LogP contribution is -2.41. The maximum atomic E-state index is 12.8. The zero-order valence-electron chi connectivity index (χ0n) is 24.5. The van der Waals surface area contributed by atoms with Gasteiger partial charge in [-0.05, 0) is 36.2 Å². The number of nitrogens with one attached hydrogen (secondary N) is 3. The Morgan fingerprint density at radius 2 is 1.68 bits per heavy atom. The minimum Gasteiger partial charge on any atom is -0.493 e. The summed E-state index contributed by atoms with van der Waals surface area (Å²) in [5, 5.41) is 29.4. The molecule has 2 aromatic carbocycles. The number of carbonyl (C=O) groups is 2. The Kier molecular flexibility index (Phi) is 9.08. The quantitative estimate of drug-likeness (QED) is 0.162. The maximum absolute atomic E-state index is 12.8. The van der Waals surface area contributed by atoms with Crippen LogP contribution in [0.5, 0.6) is 17.2 Å². The summed E-state index contributed by atoms with van der Waals surface area (Å²) in [5.74, 6) is 0.786. The molecule has 1 aliphatic rings. The van der Waals surface area contributed by atoms with Crippen LogP contribution >= 0.6 is 0 Å². The van der Waals surface area contributed by atoms with Crippen molar-refractivity contribution in [3.05, 3.63) is 60.2 Å². The second kappa shape index (κ2) is 13.1. The standard InChI is InChI=1S/C29H33N7O8/c1-30-28(40)24-21(37)22(38)29(44-24)36-14-34-20-25(32-13-33-26(20)36)35-17-7-5-15(6-8-17)9-10-31-27(39)16-11-18(41-2)23(43-4)19(12-16)42-3/h5-8,11-14,21-22,24,29,37-38H,9-10H2,1-4H3,(H,30,40)(H,31,39)(H,32,33,35)/t21-,22+,24+,29-/m1/s1. The first kappa shape index (κ1) is 30.5. The molecule has 3 heterocycles. The predicted molar refractivity (Wildman–Crippen MR) is 157 cm³/mol. The van der Waals surface area contributed by atoms with E-state index >= 15 is 0 Å². The molecule has 2 amide bonds. The van der Waals surface area contributed by atoms with Gasteiger partial charge < -0.3 is 45.1 Å². The third-order valence-corrected chi connectivity index (χ3v) is 7.22. The smallest absolute Gasteiger partial charge is 0.251 e. The molecule has 232 valence electrons. The van der Waals surface area contributed by atoms with Gasteiger partial charge in [-0.25, -0.2) is 15.0 Å². The molecule has 5 rings (SSSR count). The van der Waals surface area contributed by atoms with Crippen LogP contribution in [0, 0.1) is 0 Å².